The van der Waals surface area contributed by atoms with Gasteiger partial charge < -0.3 is 9.72 Å². The van der Waals surface area contributed by atoms with Gasteiger partial charge >= 0.3 is 0 Å². The van der Waals surface area contributed by atoms with Crippen LogP contribution in [0.25, 0.3) is 22.2 Å². The lowest BCUT2D eigenvalue weighted by molar-refractivity contribution is -0.0332. The first-order valence-corrected chi connectivity index (χ1v) is 12.9. The molecule has 1 N–H and O–H groups in total. The first kappa shape index (κ1) is 24.7. The number of aromatic nitrogens is 3. The number of hydrogen-bond donors (Lipinski definition) is 1. The third kappa shape index (κ3) is 4.24. The van der Waals surface area contributed by atoms with Crippen LogP contribution in [0.5, 0.6) is 0 Å². The van der Waals surface area contributed by atoms with Crippen molar-refractivity contribution in [3.05, 3.63) is 64.0 Å². The van der Waals surface area contributed by atoms with Crippen molar-refractivity contribution < 1.29 is 4.74 Å². The molecule has 5 rings (SSSR count). The van der Waals surface area contributed by atoms with Crippen LogP contribution in [-0.2, 0) is 4.74 Å². The number of benzene rings is 1. The maximum atomic E-state index is 13.4. The number of ether oxygens (including phenoxy) is 1. The fourth-order valence-electron chi connectivity index (χ4n) is 6.40. The van der Waals surface area contributed by atoms with Crippen LogP contribution in [0.2, 0.25) is 0 Å². The van der Waals surface area contributed by atoms with E-state index in [9.17, 15) is 4.79 Å². The van der Waals surface area contributed by atoms with Gasteiger partial charge in [0.05, 0.1) is 24.0 Å². The van der Waals surface area contributed by atoms with Gasteiger partial charge in [0, 0.05) is 34.6 Å². The summed E-state index contributed by atoms with van der Waals surface area (Å²) in [6.07, 6.45) is 8.10. The van der Waals surface area contributed by atoms with Crippen molar-refractivity contribution in [1.29, 1.82) is 0 Å². The summed E-state index contributed by atoms with van der Waals surface area (Å²) in [7, 11) is 2.05. The average molecular weight is 488 g/mol. The van der Waals surface area contributed by atoms with Crippen LogP contribution >= 0.6 is 0 Å². The first-order valence-electron chi connectivity index (χ1n) is 12.9. The topological polar surface area (TPSA) is 74.4 Å². The zero-order chi connectivity index (χ0) is 25.7. The molecule has 36 heavy (non-hydrogen) atoms. The van der Waals surface area contributed by atoms with Gasteiger partial charge in [0.25, 0.3) is 5.56 Å². The Morgan fingerprint density at radius 2 is 1.81 bits per heavy atom. The van der Waals surface area contributed by atoms with Crippen molar-refractivity contribution in [3.8, 4) is 11.3 Å². The van der Waals surface area contributed by atoms with Gasteiger partial charge in [0.1, 0.15) is 0 Å². The van der Waals surface area contributed by atoms with Crippen molar-refractivity contribution in [3.63, 3.8) is 0 Å². The van der Waals surface area contributed by atoms with E-state index in [0.29, 0.717) is 24.3 Å². The third-order valence-corrected chi connectivity index (χ3v) is 7.78. The number of pyridine rings is 1. The van der Waals surface area contributed by atoms with Crippen LogP contribution in [0.3, 0.4) is 0 Å². The number of hydrogen-bond acceptors (Lipinski definition) is 6. The molecule has 7 nitrogen and oxygen atoms in total. The van der Waals surface area contributed by atoms with Gasteiger partial charge in [-0.05, 0) is 84.1 Å². The second-order valence-electron chi connectivity index (χ2n) is 11.4. The average Bonchev–Trinajstić information content (AvgIpc) is 2.83. The standard InChI is InChI=1S/C29H37N5O2/c1-19-11-9-12-20-24(19)26(22-13-7-8-18-36-22)25(27(35)30-20)21-14-15-23(32-31-21)33(6)34-28(2,3)16-10-17-29(34,4)5/h7-9,11-12,14-15,22H,10,13,16-18H2,1-6H3,(H,30,35). The van der Waals surface area contributed by atoms with Gasteiger partial charge in [-0.2, -0.15) is 0 Å². The van der Waals surface area contributed by atoms with Crippen LogP contribution in [0.15, 0.2) is 47.3 Å². The number of fused-ring (bicyclic) bond motifs is 1. The third-order valence-electron chi connectivity index (χ3n) is 7.78. The number of nitrogens with one attached hydrogen (secondary N) is 1. The predicted octanol–water partition coefficient (Wildman–Crippen LogP) is 5.71. The van der Waals surface area contributed by atoms with Gasteiger partial charge in [-0.25, -0.2) is 5.01 Å². The summed E-state index contributed by atoms with van der Waals surface area (Å²) in [4.78, 5) is 16.5. The summed E-state index contributed by atoms with van der Waals surface area (Å²) in [6.45, 7) is 11.7. The van der Waals surface area contributed by atoms with Crippen LogP contribution in [0, 0.1) is 6.92 Å². The molecule has 1 fully saturated rings. The zero-order valence-electron chi connectivity index (χ0n) is 22.3. The molecule has 3 aromatic rings. The number of piperidine rings is 1. The Balaban J connectivity index is 1.60. The van der Waals surface area contributed by atoms with E-state index in [-0.39, 0.29) is 22.7 Å². The monoisotopic (exact) mass is 487 g/mol. The molecule has 2 aliphatic rings. The number of hydrazine groups is 1. The predicted molar refractivity (Wildman–Crippen MR) is 145 cm³/mol. The lowest BCUT2D eigenvalue weighted by Gasteiger charge is -2.56. The minimum absolute atomic E-state index is 0.00286. The van der Waals surface area contributed by atoms with Crippen molar-refractivity contribution in [2.24, 2.45) is 0 Å². The molecule has 2 aromatic heterocycles. The summed E-state index contributed by atoms with van der Waals surface area (Å²) in [5, 5.41) is 14.8. The van der Waals surface area contributed by atoms with Gasteiger partial charge in [-0.15, -0.1) is 10.2 Å². The molecule has 1 atom stereocenters. The van der Waals surface area contributed by atoms with Crippen molar-refractivity contribution >= 4 is 16.7 Å². The molecule has 0 radical (unpaired) electrons. The highest BCUT2D eigenvalue weighted by Gasteiger charge is 2.44. The molecule has 2 aliphatic heterocycles. The van der Waals surface area contributed by atoms with Crippen LogP contribution in [0.1, 0.15) is 70.6 Å². The molecule has 1 unspecified atom stereocenters. The molecule has 190 valence electrons. The minimum atomic E-state index is -0.213. The van der Waals surface area contributed by atoms with E-state index in [1.165, 1.54) is 6.42 Å². The van der Waals surface area contributed by atoms with Crippen LogP contribution in [-0.4, -0.2) is 44.9 Å². The van der Waals surface area contributed by atoms with Crippen molar-refractivity contribution in [1.82, 2.24) is 20.2 Å². The molecule has 1 saturated heterocycles. The number of aromatic amines is 1. The number of anilines is 1. The smallest absolute Gasteiger partial charge is 0.258 e. The Morgan fingerprint density at radius 3 is 2.44 bits per heavy atom. The molecule has 0 saturated carbocycles. The van der Waals surface area contributed by atoms with Crippen molar-refractivity contribution in [2.75, 3.05) is 18.7 Å². The van der Waals surface area contributed by atoms with Gasteiger partial charge in [0.2, 0.25) is 0 Å². The quantitative estimate of drug-likeness (QED) is 0.476. The maximum absolute atomic E-state index is 13.4. The van der Waals surface area contributed by atoms with E-state index in [0.717, 1.165) is 40.7 Å². The Morgan fingerprint density at radius 1 is 1.06 bits per heavy atom. The minimum Gasteiger partial charge on any atom is -0.369 e. The Labute approximate surface area is 213 Å². The Hall–Kier alpha value is -3.03. The SMILES string of the molecule is Cc1cccc2[nH]c(=O)c(-c3ccc(N(C)N4C(C)(C)CCCC4(C)C)nn3)c(C3CC=CCO3)c12. The normalized spacial score (nSPS) is 21.6. The van der Waals surface area contributed by atoms with Gasteiger partial charge in [-0.1, -0.05) is 24.3 Å². The molecular weight excluding hydrogens is 450 g/mol. The largest absolute Gasteiger partial charge is 0.369 e. The summed E-state index contributed by atoms with van der Waals surface area (Å²) in [5.74, 6) is 0.758. The highest BCUT2D eigenvalue weighted by Crippen LogP contribution is 2.41. The lowest BCUT2D eigenvalue weighted by atomic mass is 9.81. The van der Waals surface area contributed by atoms with Gasteiger partial charge in [0.15, 0.2) is 5.82 Å². The molecule has 0 aliphatic carbocycles. The summed E-state index contributed by atoms with van der Waals surface area (Å²) >= 11 is 0. The molecule has 0 spiro atoms. The molecule has 0 bridgehead atoms. The van der Waals surface area contributed by atoms with E-state index in [1.807, 2.05) is 30.3 Å². The molecule has 4 heterocycles. The van der Waals surface area contributed by atoms with Crippen LogP contribution < -0.4 is 10.6 Å². The molecule has 0 amide bonds. The number of rotatable bonds is 4. The molecule has 7 heteroatoms. The lowest BCUT2D eigenvalue weighted by Crippen LogP contribution is -2.64. The summed E-state index contributed by atoms with van der Waals surface area (Å²) in [6, 6.07) is 9.86. The second kappa shape index (κ2) is 9.12. The zero-order valence-corrected chi connectivity index (χ0v) is 22.3. The first-order chi connectivity index (χ1) is 17.1. The summed E-state index contributed by atoms with van der Waals surface area (Å²) in [5.41, 5.74) is 3.74. The highest BCUT2D eigenvalue weighted by molar-refractivity contribution is 5.91. The van der Waals surface area contributed by atoms with Crippen molar-refractivity contribution in [2.45, 2.75) is 77.5 Å². The van der Waals surface area contributed by atoms with Crippen LogP contribution in [0.4, 0.5) is 5.82 Å². The maximum Gasteiger partial charge on any atom is 0.258 e. The fraction of sp³-hybridized carbons (Fsp3) is 0.483. The Kier molecular flexibility index (Phi) is 6.25. The molecular formula is C29H37N5O2. The Bertz CT molecular complexity index is 1340. The molecule has 1 aromatic carbocycles. The van der Waals surface area contributed by atoms with E-state index in [4.69, 9.17) is 4.74 Å². The number of nitrogens with zero attached hydrogens (tertiary/aromatic N) is 4. The van der Waals surface area contributed by atoms with E-state index in [2.05, 4.69) is 79.0 Å². The van der Waals surface area contributed by atoms with E-state index in [1.54, 1.807) is 0 Å². The number of H-pyrrole nitrogens is 1. The second-order valence-corrected chi connectivity index (χ2v) is 11.4. The fourth-order valence-corrected chi connectivity index (χ4v) is 6.40. The highest BCUT2D eigenvalue weighted by atomic mass is 16.5. The number of aryl methyl sites for hydroxylation is 1. The van der Waals surface area contributed by atoms with E-state index >= 15 is 0 Å². The summed E-state index contributed by atoms with van der Waals surface area (Å²) < 4.78 is 6.13. The van der Waals surface area contributed by atoms with Gasteiger partial charge in [-0.3, -0.25) is 9.80 Å². The van der Waals surface area contributed by atoms with E-state index < -0.39 is 0 Å².